The minimum atomic E-state index is -0.316. The summed E-state index contributed by atoms with van der Waals surface area (Å²) in [6.07, 6.45) is 4.28. The lowest BCUT2D eigenvalue weighted by atomic mass is 10.2. The second-order valence-corrected chi connectivity index (χ2v) is 4.39. The third kappa shape index (κ3) is 3.53. The molecule has 2 aromatic rings. The van der Waals surface area contributed by atoms with Crippen molar-refractivity contribution in [1.29, 1.82) is 0 Å². The summed E-state index contributed by atoms with van der Waals surface area (Å²) in [5, 5.41) is 0. The number of nitrogens with zero attached hydrogens (tertiary/aromatic N) is 1. The molecule has 4 heteroatoms. The smallest absolute Gasteiger partial charge is 0.141 e. The van der Waals surface area contributed by atoms with Gasteiger partial charge >= 0.3 is 0 Å². The summed E-state index contributed by atoms with van der Waals surface area (Å²) in [4.78, 5) is 4.01. The molecule has 2 nitrogen and oxygen atoms in total. The first-order valence-corrected chi connectivity index (χ1v) is 6.02. The zero-order valence-electron chi connectivity index (χ0n) is 9.07. The fourth-order valence-electron chi connectivity index (χ4n) is 1.40. The van der Waals surface area contributed by atoms with Crippen molar-refractivity contribution < 1.29 is 9.13 Å². The molecule has 0 aliphatic heterocycles. The first kappa shape index (κ1) is 12.0. The van der Waals surface area contributed by atoms with Gasteiger partial charge in [0.1, 0.15) is 11.6 Å². The minimum Gasteiger partial charge on any atom is -0.493 e. The molecule has 0 bridgehead atoms. The Balaban J connectivity index is 1.88. The van der Waals surface area contributed by atoms with Crippen LogP contribution in [0.2, 0.25) is 0 Å². The zero-order chi connectivity index (χ0) is 12.1. The monoisotopic (exact) mass is 295 g/mol. The Morgan fingerprint density at radius 3 is 2.88 bits per heavy atom. The Kier molecular flexibility index (Phi) is 4.09. The Morgan fingerprint density at radius 2 is 2.18 bits per heavy atom. The molecule has 0 radical (unpaired) electrons. The predicted molar refractivity (Wildman–Crippen MR) is 67.5 cm³/mol. The van der Waals surface area contributed by atoms with Gasteiger partial charge < -0.3 is 4.74 Å². The summed E-state index contributed by atoms with van der Waals surface area (Å²) in [6.45, 7) is 0.507. The van der Waals surface area contributed by atoms with Crippen LogP contribution in [0.4, 0.5) is 4.39 Å². The van der Waals surface area contributed by atoms with Gasteiger partial charge in [-0.25, -0.2) is 4.39 Å². The van der Waals surface area contributed by atoms with Gasteiger partial charge in [-0.2, -0.15) is 0 Å². The van der Waals surface area contributed by atoms with Crippen LogP contribution in [0.15, 0.2) is 47.2 Å². The first-order valence-electron chi connectivity index (χ1n) is 5.22. The number of pyridine rings is 1. The van der Waals surface area contributed by atoms with Gasteiger partial charge in [0.25, 0.3) is 0 Å². The van der Waals surface area contributed by atoms with E-state index in [1.54, 1.807) is 24.5 Å². The maximum atomic E-state index is 13.2. The van der Waals surface area contributed by atoms with Crippen molar-refractivity contribution in [1.82, 2.24) is 4.98 Å². The molecule has 0 aliphatic carbocycles. The van der Waals surface area contributed by atoms with E-state index in [-0.39, 0.29) is 5.82 Å². The van der Waals surface area contributed by atoms with Crippen LogP contribution >= 0.6 is 15.9 Å². The lowest BCUT2D eigenvalue weighted by Crippen LogP contribution is -2.01. The largest absolute Gasteiger partial charge is 0.493 e. The molecule has 1 aromatic carbocycles. The van der Waals surface area contributed by atoms with Crippen molar-refractivity contribution in [3.8, 4) is 5.75 Å². The van der Waals surface area contributed by atoms with E-state index in [1.165, 1.54) is 6.07 Å². The van der Waals surface area contributed by atoms with E-state index in [2.05, 4.69) is 20.9 Å². The van der Waals surface area contributed by atoms with Gasteiger partial charge in [-0.05, 0) is 39.7 Å². The molecule has 88 valence electrons. The molecule has 1 heterocycles. The van der Waals surface area contributed by atoms with E-state index in [1.807, 2.05) is 12.1 Å². The molecule has 0 unspecified atom stereocenters. The highest BCUT2D eigenvalue weighted by atomic mass is 79.9. The molecular formula is C13H11BrFNO. The molecule has 2 rings (SSSR count). The molecule has 0 N–H and O–H groups in total. The summed E-state index contributed by atoms with van der Waals surface area (Å²) >= 11 is 3.10. The Bertz CT molecular complexity index is 490. The van der Waals surface area contributed by atoms with Crippen LogP contribution in [-0.2, 0) is 6.42 Å². The highest BCUT2D eigenvalue weighted by Crippen LogP contribution is 2.20. The van der Waals surface area contributed by atoms with E-state index >= 15 is 0 Å². The van der Waals surface area contributed by atoms with E-state index in [4.69, 9.17) is 4.74 Å². The fraction of sp³-hybridized carbons (Fsp3) is 0.154. The van der Waals surface area contributed by atoms with E-state index in [0.717, 1.165) is 12.0 Å². The van der Waals surface area contributed by atoms with E-state index < -0.39 is 0 Å². The van der Waals surface area contributed by atoms with Crippen LogP contribution in [-0.4, -0.2) is 11.6 Å². The van der Waals surface area contributed by atoms with Crippen molar-refractivity contribution in [2.75, 3.05) is 6.61 Å². The Hall–Kier alpha value is -1.42. The SMILES string of the molecule is Fc1cc(OCCc2cccnc2)ccc1Br. The molecule has 0 saturated heterocycles. The van der Waals surface area contributed by atoms with Crippen LogP contribution in [0.25, 0.3) is 0 Å². The number of ether oxygens (including phenoxy) is 1. The highest BCUT2D eigenvalue weighted by molar-refractivity contribution is 9.10. The third-order valence-electron chi connectivity index (χ3n) is 2.27. The van der Waals surface area contributed by atoms with E-state index in [9.17, 15) is 4.39 Å². The molecular weight excluding hydrogens is 285 g/mol. The molecule has 17 heavy (non-hydrogen) atoms. The summed E-state index contributed by atoms with van der Waals surface area (Å²) < 4.78 is 19.1. The zero-order valence-corrected chi connectivity index (χ0v) is 10.7. The van der Waals surface area contributed by atoms with Gasteiger partial charge in [0.2, 0.25) is 0 Å². The summed E-state index contributed by atoms with van der Waals surface area (Å²) in [5.41, 5.74) is 1.10. The average molecular weight is 296 g/mol. The average Bonchev–Trinajstić information content (AvgIpc) is 2.35. The maximum Gasteiger partial charge on any atom is 0.141 e. The van der Waals surface area contributed by atoms with Crippen molar-refractivity contribution in [3.63, 3.8) is 0 Å². The van der Waals surface area contributed by atoms with Gasteiger partial charge in [0.05, 0.1) is 11.1 Å². The van der Waals surface area contributed by atoms with Crippen LogP contribution in [0.3, 0.4) is 0 Å². The molecule has 0 fully saturated rings. The number of halogens is 2. The molecule has 0 amide bonds. The molecule has 0 spiro atoms. The summed E-state index contributed by atoms with van der Waals surface area (Å²) in [6, 6.07) is 8.60. The Labute approximate surface area is 108 Å². The van der Waals surface area contributed by atoms with Crippen LogP contribution in [0.1, 0.15) is 5.56 Å². The van der Waals surface area contributed by atoms with Crippen molar-refractivity contribution in [2.45, 2.75) is 6.42 Å². The van der Waals surface area contributed by atoms with Gasteiger partial charge in [-0.1, -0.05) is 6.07 Å². The van der Waals surface area contributed by atoms with Crippen LogP contribution in [0, 0.1) is 5.82 Å². The fourth-order valence-corrected chi connectivity index (χ4v) is 1.65. The standard InChI is InChI=1S/C13H11BrFNO/c14-12-4-3-11(8-13(12)15)17-7-5-10-2-1-6-16-9-10/h1-4,6,8-9H,5,7H2. The molecule has 0 saturated carbocycles. The van der Waals surface area contributed by atoms with Crippen LogP contribution in [0.5, 0.6) is 5.75 Å². The molecule has 1 aromatic heterocycles. The van der Waals surface area contributed by atoms with Gasteiger partial charge in [0, 0.05) is 24.9 Å². The number of rotatable bonds is 4. The normalized spacial score (nSPS) is 10.2. The van der Waals surface area contributed by atoms with Crippen LogP contribution < -0.4 is 4.74 Å². The van der Waals surface area contributed by atoms with Gasteiger partial charge in [0.15, 0.2) is 0 Å². The lowest BCUT2D eigenvalue weighted by Gasteiger charge is -2.06. The van der Waals surface area contributed by atoms with Gasteiger partial charge in [-0.15, -0.1) is 0 Å². The predicted octanol–water partition coefficient (Wildman–Crippen LogP) is 3.60. The van der Waals surface area contributed by atoms with Crippen molar-refractivity contribution in [2.24, 2.45) is 0 Å². The topological polar surface area (TPSA) is 22.1 Å². The molecule has 0 atom stereocenters. The van der Waals surface area contributed by atoms with Crippen molar-refractivity contribution in [3.05, 3.63) is 58.6 Å². The maximum absolute atomic E-state index is 13.2. The quantitative estimate of drug-likeness (QED) is 0.860. The minimum absolute atomic E-state index is 0.316. The second kappa shape index (κ2) is 5.77. The Morgan fingerprint density at radius 1 is 1.29 bits per heavy atom. The number of benzene rings is 1. The second-order valence-electron chi connectivity index (χ2n) is 3.54. The highest BCUT2D eigenvalue weighted by Gasteiger charge is 2.01. The molecule has 0 aliphatic rings. The third-order valence-corrected chi connectivity index (χ3v) is 2.92. The number of hydrogen-bond donors (Lipinski definition) is 0. The number of aromatic nitrogens is 1. The summed E-state index contributed by atoms with van der Waals surface area (Å²) in [5.74, 6) is 0.221. The van der Waals surface area contributed by atoms with E-state index in [0.29, 0.717) is 16.8 Å². The van der Waals surface area contributed by atoms with Crippen molar-refractivity contribution >= 4 is 15.9 Å². The first-order chi connectivity index (χ1) is 8.25. The van der Waals surface area contributed by atoms with Gasteiger partial charge in [-0.3, -0.25) is 4.98 Å². The lowest BCUT2D eigenvalue weighted by molar-refractivity contribution is 0.320. The number of hydrogen-bond acceptors (Lipinski definition) is 2. The summed E-state index contributed by atoms with van der Waals surface area (Å²) in [7, 11) is 0.